The second-order valence-corrected chi connectivity index (χ2v) is 10.6. The van der Waals surface area contributed by atoms with E-state index in [0.29, 0.717) is 0 Å². The zero-order valence-corrected chi connectivity index (χ0v) is 19.9. The fraction of sp³-hybridized carbons (Fsp3) is 0.286. The van der Waals surface area contributed by atoms with Gasteiger partial charge in [0, 0.05) is 11.5 Å². The molecule has 0 saturated carbocycles. The number of nitrogens with one attached hydrogen (secondary N) is 1. The number of benzene rings is 2. The number of alkyl halides is 4. The lowest BCUT2D eigenvalue weighted by molar-refractivity contribution is -0.148. The number of primary sulfonamides is 1. The molecule has 2 aromatic rings. The summed E-state index contributed by atoms with van der Waals surface area (Å²) >= 11 is 0. The van der Waals surface area contributed by atoms with E-state index in [-0.39, 0.29) is 11.5 Å². The van der Waals surface area contributed by atoms with Gasteiger partial charge in [0.2, 0.25) is 10.0 Å². The zero-order chi connectivity index (χ0) is 26.6. The molecule has 0 unspecified atom stereocenters. The van der Waals surface area contributed by atoms with Gasteiger partial charge < -0.3 is 4.74 Å². The van der Waals surface area contributed by atoms with Crippen LogP contribution in [-0.4, -0.2) is 41.7 Å². The number of halogens is 4. The second-order valence-electron chi connectivity index (χ2n) is 7.41. The Bertz CT molecular complexity index is 1380. The Kier molecular flexibility index (Phi) is 8.53. The van der Waals surface area contributed by atoms with Crippen molar-refractivity contribution in [3.05, 3.63) is 53.6 Å². The topological polar surface area (TPSA) is 133 Å². The number of amides is 1. The van der Waals surface area contributed by atoms with Crippen molar-refractivity contribution in [2.45, 2.75) is 36.0 Å². The Labute approximate surface area is 199 Å². The van der Waals surface area contributed by atoms with Crippen LogP contribution >= 0.6 is 0 Å². The molecule has 14 heteroatoms. The third-order valence-corrected chi connectivity index (χ3v) is 6.64. The Morgan fingerprint density at radius 2 is 1.69 bits per heavy atom. The Hall–Kier alpha value is -3.15. The smallest absolute Gasteiger partial charge is 0.340 e. The van der Waals surface area contributed by atoms with Gasteiger partial charge in [0.05, 0.1) is 5.56 Å². The van der Waals surface area contributed by atoms with E-state index in [2.05, 4.69) is 11.8 Å². The maximum Gasteiger partial charge on any atom is 0.340 e. The largest absolute Gasteiger partial charge is 0.486 e. The molecule has 0 heterocycles. The summed E-state index contributed by atoms with van der Waals surface area (Å²) in [4.78, 5) is 11.0. The average Bonchev–Trinajstić information content (AvgIpc) is 2.75. The van der Waals surface area contributed by atoms with Gasteiger partial charge in [0.1, 0.15) is 15.5 Å². The van der Waals surface area contributed by atoms with E-state index in [4.69, 9.17) is 9.88 Å². The van der Waals surface area contributed by atoms with Gasteiger partial charge in [-0.2, -0.15) is 8.78 Å². The Morgan fingerprint density at radius 3 is 2.23 bits per heavy atom. The summed E-state index contributed by atoms with van der Waals surface area (Å²) in [5.41, 5.74) is -0.435. The number of nitrogens with two attached hydrogens (primary N) is 1. The van der Waals surface area contributed by atoms with Crippen LogP contribution in [0.15, 0.2) is 52.3 Å². The summed E-state index contributed by atoms with van der Waals surface area (Å²) in [6.07, 6.45) is -4.01. The molecule has 3 N–H and O–H groups in total. The van der Waals surface area contributed by atoms with Crippen LogP contribution in [0.4, 0.5) is 17.6 Å². The lowest BCUT2D eigenvalue weighted by Crippen LogP contribution is -2.34. The van der Waals surface area contributed by atoms with Crippen LogP contribution < -0.4 is 14.6 Å². The van der Waals surface area contributed by atoms with Gasteiger partial charge in [-0.05, 0) is 30.3 Å². The number of hydrogen-bond donors (Lipinski definition) is 2. The van der Waals surface area contributed by atoms with Crippen LogP contribution in [0.25, 0.3) is 0 Å². The highest BCUT2D eigenvalue weighted by atomic mass is 32.2. The van der Waals surface area contributed by atoms with Crippen LogP contribution in [0.5, 0.6) is 5.75 Å². The molecule has 2 rings (SSSR count). The molecule has 0 saturated heterocycles. The first kappa shape index (κ1) is 28.1. The highest BCUT2D eigenvalue weighted by molar-refractivity contribution is 7.92. The van der Waals surface area contributed by atoms with Gasteiger partial charge in [0.15, 0.2) is 6.61 Å². The third kappa shape index (κ3) is 7.41. The summed E-state index contributed by atoms with van der Waals surface area (Å²) in [5.74, 6) is -1.08. The van der Waals surface area contributed by atoms with Gasteiger partial charge in [-0.25, -0.2) is 35.5 Å². The van der Waals surface area contributed by atoms with E-state index in [1.54, 1.807) is 18.6 Å². The van der Waals surface area contributed by atoms with E-state index in [0.717, 1.165) is 30.3 Å². The van der Waals surface area contributed by atoms with Gasteiger partial charge in [-0.1, -0.05) is 37.8 Å². The summed E-state index contributed by atoms with van der Waals surface area (Å²) in [7, 11) is -9.23. The van der Waals surface area contributed by atoms with Crippen LogP contribution in [0, 0.1) is 17.8 Å². The highest BCUT2D eigenvalue weighted by Gasteiger charge is 2.42. The van der Waals surface area contributed by atoms with Gasteiger partial charge in [-0.15, -0.1) is 0 Å². The minimum absolute atomic E-state index is 0.0113. The molecule has 190 valence electrons. The molecule has 0 spiro atoms. The quantitative estimate of drug-likeness (QED) is 0.394. The zero-order valence-electron chi connectivity index (χ0n) is 18.3. The van der Waals surface area contributed by atoms with Crippen molar-refractivity contribution < 1.29 is 43.9 Å². The summed E-state index contributed by atoms with van der Waals surface area (Å²) in [5, 5.41) is 5.02. The molecule has 8 nitrogen and oxygen atoms in total. The molecule has 35 heavy (non-hydrogen) atoms. The maximum absolute atomic E-state index is 13.4. The first-order valence-electron chi connectivity index (χ1n) is 9.68. The van der Waals surface area contributed by atoms with Crippen molar-refractivity contribution in [1.82, 2.24) is 4.72 Å². The summed E-state index contributed by atoms with van der Waals surface area (Å²) in [6.45, 7) is 1.72. The number of hydrogen-bond acceptors (Lipinski definition) is 6. The van der Waals surface area contributed by atoms with E-state index < -0.39 is 66.0 Å². The number of carbonyl (C=O) groups is 1. The normalized spacial score (nSPS) is 12.3. The van der Waals surface area contributed by atoms with Crippen LogP contribution in [0.2, 0.25) is 0 Å². The molecule has 0 aliphatic heterocycles. The van der Waals surface area contributed by atoms with Crippen molar-refractivity contribution in [3.63, 3.8) is 0 Å². The minimum Gasteiger partial charge on any atom is -0.486 e. The molecule has 0 atom stereocenters. The van der Waals surface area contributed by atoms with E-state index in [1.165, 1.54) is 12.1 Å². The molecule has 0 bridgehead atoms. The molecular formula is C21H20F4N2O6S2. The average molecular weight is 537 g/mol. The SMILES string of the molecule is CC(C)C#Cc1ccc(C(=O)NS(=O)(=O)c2ccccc2S(N)(=O)=O)cc1OCC(F)(F)C(F)F. The predicted molar refractivity (Wildman–Crippen MR) is 117 cm³/mol. The van der Waals surface area contributed by atoms with Crippen molar-refractivity contribution in [3.8, 4) is 17.6 Å². The van der Waals surface area contributed by atoms with Crippen molar-refractivity contribution in [1.29, 1.82) is 0 Å². The number of sulfonamides is 2. The van der Waals surface area contributed by atoms with Gasteiger partial charge in [-0.3, -0.25) is 4.79 Å². The Balaban J connectivity index is 2.44. The first-order valence-corrected chi connectivity index (χ1v) is 12.7. The van der Waals surface area contributed by atoms with E-state index >= 15 is 0 Å². The van der Waals surface area contributed by atoms with Gasteiger partial charge in [0.25, 0.3) is 15.9 Å². The summed E-state index contributed by atoms with van der Waals surface area (Å²) < 4.78 is 107. The van der Waals surface area contributed by atoms with E-state index in [9.17, 15) is 39.2 Å². The lowest BCUT2D eigenvalue weighted by atomic mass is 10.1. The lowest BCUT2D eigenvalue weighted by Gasteiger charge is -2.17. The molecular weight excluding hydrogens is 516 g/mol. The predicted octanol–water partition coefficient (Wildman–Crippen LogP) is 2.74. The molecule has 0 fully saturated rings. The van der Waals surface area contributed by atoms with Crippen molar-refractivity contribution >= 4 is 26.0 Å². The van der Waals surface area contributed by atoms with Crippen LogP contribution in [0.3, 0.4) is 0 Å². The Morgan fingerprint density at radius 1 is 1.09 bits per heavy atom. The minimum atomic E-state index is -4.76. The molecule has 0 aliphatic rings. The maximum atomic E-state index is 13.4. The fourth-order valence-electron chi connectivity index (χ4n) is 2.49. The second kappa shape index (κ2) is 10.6. The highest BCUT2D eigenvalue weighted by Crippen LogP contribution is 2.27. The van der Waals surface area contributed by atoms with E-state index in [1.807, 2.05) is 0 Å². The van der Waals surface area contributed by atoms with Crippen LogP contribution in [0.1, 0.15) is 29.8 Å². The van der Waals surface area contributed by atoms with Crippen molar-refractivity contribution in [2.75, 3.05) is 6.61 Å². The number of ether oxygens (including phenoxy) is 1. The first-order chi connectivity index (χ1) is 16.0. The molecule has 0 aromatic heterocycles. The molecule has 2 aromatic carbocycles. The van der Waals surface area contributed by atoms with Crippen LogP contribution in [-0.2, 0) is 20.0 Å². The monoisotopic (exact) mass is 536 g/mol. The third-order valence-electron chi connectivity index (χ3n) is 4.15. The number of carbonyl (C=O) groups excluding carboxylic acids is 1. The molecule has 1 amide bonds. The molecule has 0 radical (unpaired) electrons. The summed E-state index contributed by atoms with van der Waals surface area (Å²) in [6, 6.07) is 7.35. The standard InChI is InChI=1S/C21H20F4N2O6S2/c1-13(2)7-8-14-9-10-15(11-16(14)33-12-21(24,25)20(22)23)19(28)27-35(31,32)18-6-4-3-5-17(18)34(26,29)30/h3-6,9-11,13,20H,12H2,1-2H3,(H,27,28)(H2,26,29,30). The van der Waals surface area contributed by atoms with Gasteiger partial charge >= 0.3 is 12.3 Å². The fourth-order valence-corrected chi connectivity index (χ4v) is 4.85. The van der Waals surface area contributed by atoms with Crippen molar-refractivity contribution in [2.24, 2.45) is 11.1 Å². The number of rotatable bonds is 8. The molecule has 0 aliphatic carbocycles.